The minimum absolute atomic E-state index is 0.133. The van der Waals surface area contributed by atoms with E-state index in [1.807, 2.05) is 23.4 Å². The van der Waals surface area contributed by atoms with Crippen molar-refractivity contribution >= 4 is 5.91 Å². The second-order valence-corrected chi connectivity index (χ2v) is 4.81. The summed E-state index contributed by atoms with van der Waals surface area (Å²) in [6, 6.07) is 0. The van der Waals surface area contributed by atoms with Crippen LogP contribution in [-0.2, 0) is 6.54 Å². The normalized spacial score (nSPS) is 16.1. The maximum absolute atomic E-state index is 12.5. The Labute approximate surface area is 108 Å². The number of piperazine rings is 1. The summed E-state index contributed by atoms with van der Waals surface area (Å²) in [5.74, 6) is 0.133. The van der Waals surface area contributed by atoms with Crippen LogP contribution in [0.1, 0.15) is 35.1 Å². The van der Waals surface area contributed by atoms with Gasteiger partial charge < -0.3 is 10.2 Å². The van der Waals surface area contributed by atoms with Crippen LogP contribution in [0, 0.1) is 13.8 Å². The Bertz CT molecular complexity index is 432. The first kappa shape index (κ1) is 13.1. The van der Waals surface area contributed by atoms with Crippen LogP contribution in [-0.4, -0.2) is 46.8 Å². The number of nitrogens with zero attached hydrogens (tertiary/aromatic N) is 3. The average Bonchev–Trinajstić information content (AvgIpc) is 2.65. The summed E-state index contributed by atoms with van der Waals surface area (Å²) in [6.07, 6.45) is 1.03. The van der Waals surface area contributed by atoms with Crippen molar-refractivity contribution in [2.24, 2.45) is 0 Å². The third-order valence-corrected chi connectivity index (χ3v) is 3.43. The van der Waals surface area contributed by atoms with Gasteiger partial charge in [0.25, 0.3) is 5.91 Å². The summed E-state index contributed by atoms with van der Waals surface area (Å²) in [7, 11) is 0. The maximum Gasteiger partial charge on any atom is 0.257 e. The molecular weight excluding hydrogens is 228 g/mol. The number of hydrogen-bond donors (Lipinski definition) is 1. The molecule has 0 radical (unpaired) electrons. The van der Waals surface area contributed by atoms with Gasteiger partial charge in [0.2, 0.25) is 0 Å². The van der Waals surface area contributed by atoms with Crippen LogP contribution in [0.4, 0.5) is 0 Å². The van der Waals surface area contributed by atoms with Crippen molar-refractivity contribution in [2.45, 2.75) is 33.7 Å². The zero-order chi connectivity index (χ0) is 13.1. The van der Waals surface area contributed by atoms with Gasteiger partial charge >= 0.3 is 0 Å². The number of aryl methyl sites for hydroxylation is 2. The second-order valence-electron chi connectivity index (χ2n) is 4.81. The van der Waals surface area contributed by atoms with Crippen LogP contribution in [0.15, 0.2) is 0 Å². The molecule has 1 aromatic heterocycles. The fourth-order valence-electron chi connectivity index (χ4n) is 2.46. The van der Waals surface area contributed by atoms with E-state index in [-0.39, 0.29) is 5.91 Å². The van der Waals surface area contributed by atoms with Crippen LogP contribution >= 0.6 is 0 Å². The van der Waals surface area contributed by atoms with Gasteiger partial charge in [-0.05, 0) is 20.3 Å². The predicted molar refractivity (Wildman–Crippen MR) is 70.8 cm³/mol. The first-order valence-electron chi connectivity index (χ1n) is 6.69. The van der Waals surface area contributed by atoms with E-state index in [2.05, 4.69) is 17.3 Å². The molecule has 1 aromatic rings. The fraction of sp³-hybridized carbons (Fsp3) is 0.692. The molecule has 1 aliphatic rings. The Balaban J connectivity index is 2.23. The Kier molecular flexibility index (Phi) is 4.01. The minimum atomic E-state index is 0.133. The van der Waals surface area contributed by atoms with Gasteiger partial charge in [0, 0.05) is 38.4 Å². The number of nitrogens with one attached hydrogen (secondary N) is 1. The van der Waals surface area contributed by atoms with Crippen molar-refractivity contribution in [3.05, 3.63) is 17.0 Å². The molecule has 5 nitrogen and oxygen atoms in total. The van der Waals surface area contributed by atoms with Crippen molar-refractivity contribution in [1.29, 1.82) is 0 Å². The molecule has 0 bridgehead atoms. The van der Waals surface area contributed by atoms with E-state index < -0.39 is 0 Å². The minimum Gasteiger partial charge on any atom is -0.336 e. The molecule has 0 aliphatic carbocycles. The molecule has 1 fully saturated rings. The van der Waals surface area contributed by atoms with Crippen LogP contribution in [0.2, 0.25) is 0 Å². The topological polar surface area (TPSA) is 50.2 Å². The second kappa shape index (κ2) is 5.52. The lowest BCUT2D eigenvalue weighted by atomic mass is 10.1. The van der Waals surface area contributed by atoms with E-state index in [0.717, 1.165) is 56.1 Å². The Hall–Kier alpha value is -1.36. The van der Waals surface area contributed by atoms with E-state index in [4.69, 9.17) is 0 Å². The number of hydrogen-bond acceptors (Lipinski definition) is 3. The molecule has 18 heavy (non-hydrogen) atoms. The lowest BCUT2D eigenvalue weighted by Crippen LogP contribution is -2.46. The number of carbonyl (C=O) groups excluding carboxylic acids is 1. The fourth-order valence-corrected chi connectivity index (χ4v) is 2.46. The molecule has 2 rings (SSSR count). The van der Waals surface area contributed by atoms with Crippen LogP contribution in [0.3, 0.4) is 0 Å². The summed E-state index contributed by atoms with van der Waals surface area (Å²) < 4.78 is 1.95. The third kappa shape index (κ3) is 2.41. The van der Waals surface area contributed by atoms with Crippen molar-refractivity contribution in [1.82, 2.24) is 20.0 Å². The number of carbonyl (C=O) groups is 1. The Morgan fingerprint density at radius 3 is 2.61 bits per heavy atom. The smallest absolute Gasteiger partial charge is 0.257 e. The number of rotatable bonds is 3. The monoisotopic (exact) mass is 250 g/mol. The van der Waals surface area contributed by atoms with Crippen molar-refractivity contribution in [2.75, 3.05) is 26.2 Å². The molecule has 1 saturated heterocycles. The predicted octanol–water partition coefficient (Wildman–Crippen LogP) is 0.955. The lowest BCUT2D eigenvalue weighted by molar-refractivity contribution is 0.0734. The van der Waals surface area contributed by atoms with E-state index in [9.17, 15) is 4.79 Å². The van der Waals surface area contributed by atoms with Gasteiger partial charge in [0.05, 0.1) is 11.3 Å². The molecule has 0 spiro atoms. The zero-order valence-corrected chi connectivity index (χ0v) is 11.5. The van der Waals surface area contributed by atoms with Crippen LogP contribution in [0.25, 0.3) is 0 Å². The quantitative estimate of drug-likeness (QED) is 0.869. The molecule has 0 aromatic carbocycles. The molecular formula is C13H22N4O. The van der Waals surface area contributed by atoms with Crippen LogP contribution in [0.5, 0.6) is 0 Å². The highest BCUT2D eigenvalue weighted by Crippen LogP contribution is 2.16. The van der Waals surface area contributed by atoms with Gasteiger partial charge in [-0.3, -0.25) is 9.48 Å². The molecule has 1 aliphatic heterocycles. The van der Waals surface area contributed by atoms with E-state index in [0.29, 0.717) is 0 Å². The van der Waals surface area contributed by atoms with Gasteiger partial charge in [-0.2, -0.15) is 5.10 Å². The third-order valence-electron chi connectivity index (χ3n) is 3.43. The van der Waals surface area contributed by atoms with Crippen LogP contribution < -0.4 is 5.32 Å². The number of amides is 1. The molecule has 0 saturated carbocycles. The Morgan fingerprint density at radius 2 is 2.00 bits per heavy atom. The highest BCUT2D eigenvalue weighted by molar-refractivity contribution is 5.96. The zero-order valence-electron chi connectivity index (χ0n) is 11.5. The first-order valence-corrected chi connectivity index (χ1v) is 6.69. The summed E-state index contributed by atoms with van der Waals surface area (Å²) in [5, 5.41) is 7.73. The molecule has 0 unspecified atom stereocenters. The van der Waals surface area contributed by atoms with Gasteiger partial charge in [-0.25, -0.2) is 0 Å². The summed E-state index contributed by atoms with van der Waals surface area (Å²) in [4.78, 5) is 14.4. The summed E-state index contributed by atoms with van der Waals surface area (Å²) in [5.41, 5.74) is 2.65. The average molecular weight is 250 g/mol. The highest BCUT2D eigenvalue weighted by atomic mass is 16.2. The molecule has 1 N–H and O–H groups in total. The van der Waals surface area contributed by atoms with E-state index in [1.54, 1.807) is 0 Å². The lowest BCUT2D eigenvalue weighted by Gasteiger charge is -2.27. The maximum atomic E-state index is 12.5. The number of aromatic nitrogens is 2. The van der Waals surface area contributed by atoms with E-state index >= 15 is 0 Å². The molecule has 0 atom stereocenters. The van der Waals surface area contributed by atoms with Gasteiger partial charge in [-0.15, -0.1) is 0 Å². The van der Waals surface area contributed by atoms with E-state index in [1.165, 1.54) is 0 Å². The summed E-state index contributed by atoms with van der Waals surface area (Å²) in [6.45, 7) is 10.3. The van der Waals surface area contributed by atoms with Gasteiger partial charge in [0.1, 0.15) is 0 Å². The van der Waals surface area contributed by atoms with Crippen molar-refractivity contribution in [3.8, 4) is 0 Å². The summed E-state index contributed by atoms with van der Waals surface area (Å²) >= 11 is 0. The SMILES string of the molecule is CCCn1nc(C)c(C(=O)N2CCNCC2)c1C. The van der Waals surface area contributed by atoms with Gasteiger partial charge in [0.15, 0.2) is 0 Å². The molecule has 100 valence electrons. The Morgan fingerprint density at radius 1 is 1.33 bits per heavy atom. The van der Waals surface area contributed by atoms with Gasteiger partial charge in [-0.1, -0.05) is 6.92 Å². The highest BCUT2D eigenvalue weighted by Gasteiger charge is 2.24. The largest absolute Gasteiger partial charge is 0.336 e. The standard InChI is InChI=1S/C13H22N4O/c1-4-7-17-11(3)12(10(2)15-17)13(18)16-8-5-14-6-9-16/h14H,4-9H2,1-3H3. The first-order chi connectivity index (χ1) is 8.65. The van der Waals surface area contributed by atoms with Crippen molar-refractivity contribution in [3.63, 3.8) is 0 Å². The molecule has 5 heteroatoms. The molecule has 1 amide bonds. The molecule has 2 heterocycles. The van der Waals surface area contributed by atoms with Crippen molar-refractivity contribution < 1.29 is 4.79 Å².